The zero-order valence-electron chi connectivity index (χ0n) is 16.9. The fraction of sp³-hybridized carbons (Fsp3) is 0.409. The van der Waals surface area contributed by atoms with E-state index in [2.05, 4.69) is 27.2 Å². The molecule has 1 aliphatic rings. The predicted octanol–water partition coefficient (Wildman–Crippen LogP) is 3.24. The van der Waals surface area contributed by atoms with Crippen LogP contribution < -0.4 is 19.7 Å². The van der Waals surface area contributed by atoms with Gasteiger partial charge in [0.05, 0.1) is 19.8 Å². The van der Waals surface area contributed by atoms with Crippen LogP contribution in [0.5, 0.6) is 11.5 Å². The van der Waals surface area contributed by atoms with Gasteiger partial charge in [-0.25, -0.2) is 0 Å². The maximum absolute atomic E-state index is 12.6. The lowest BCUT2D eigenvalue weighted by molar-refractivity contribution is -0.120. The van der Waals surface area contributed by atoms with Crippen LogP contribution in [0.2, 0.25) is 0 Å². The predicted molar refractivity (Wildman–Crippen MR) is 112 cm³/mol. The van der Waals surface area contributed by atoms with Gasteiger partial charge >= 0.3 is 0 Å². The van der Waals surface area contributed by atoms with Gasteiger partial charge in [-0.05, 0) is 62.4 Å². The molecule has 6 nitrogen and oxygen atoms in total. The second kappa shape index (κ2) is 9.46. The molecule has 1 saturated heterocycles. The van der Waals surface area contributed by atoms with Crippen molar-refractivity contribution in [3.63, 3.8) is 0 Å². The van der Waals surface area contributed by atoms with E-state index >= 15 is 0 Å². The van der Waals surface area contributed by atoms with Gasteiger partial charge in [-0.15, -0.1) is 0 Å². The van der Waals surface area contributed by atoms with Crippen molar-refractivity contribution >= 4 is 17.3 Å². The molecule has 0 unspecified atom stereocenters. The number of carbonyl (C=O) groups is 1. The molecule has 0 bridgehead atoms. The number of carbonyl (C=O) groups excluding carboxylic acids is 1. The van der Waals surface area contributed by atoms with Crippen molar-refractivity contribution in [3.05, 3.63) is 48.5 Å². The summed E-state index contributed by atoms with van der Waals surface area (Å²) in [6, 6.07) is 15.4. The van der Waals surface area contributed by atoms with E-state index in [0.29, 0.717) is 6.61 Å². The normalized spacial score (nSPS) is 15.8. The third-order valence-electron chi connectivity index (χ3n) is 5.11. The van der Waals surface area contributed by atoms with Crippen LogP contribution in [0.1, 0.15) is 13.8 Å². The standard InChI is InChI=1S/C22H29N3O3/c1-4-28-21-9-5-18(6-10-21)23-22(26)17(2)24-13-15-25(16-14-24)19-7-11-20(27-3)12-8-19/h5-12,17H,4,13-16H2,1-3H3,(H,23,26)/t17-/m0/s1. The van der Waals surface area contributed by atoms with Gasteiger partial charge in [-0.1, -0.05) is 0 Å². The summed E-state index contributed by atoms with van der Waals surface area (Å²) in [5.74, 6) is 1.69. The Kier molecular flexibility index (Phi) is 6.76. The molecule has 3 rings (SSSR count). The molecule has 6 heteroatoms. The highest BCUT2D eigenvalue weighted by Gasteiger charge is 2.25. The summed E-state index contributed by atoms with van der Waals surface area (Å²) in [6.45, 7) is 8.04. The zero-order valence-corrected chi connectivity index (χ0v) is 16.9. The van der Waals surface area contributed by atoms with Crippen molar-refractivity contribution in [2.75, 3.05) is 50.1 Å². The molecule has 1 amide bonds. The first-order valence-electron chi connectivity index (χ1n) is 9.77. The number of hydrogen-bond donors (Lipinski definition) is 1. The number of piperazine rings is 1. The molecule has 1 heterocycles. The Morgan fingerprint density at radius 2 is 1.61 bits per heavy atom. The first kappa shape index (κ1) is 20.0. The Labute approximate surface area is 167 Å². The Balaban J connectivity index is 1.50. The molecule has 0 aliphatic carbocycles. The van der Waals surface area contributed by atoms with Crippen molar-refractivity contribution < 1.29 is 14.3 Å². The van der Waals surface area contributed by atoms with E-state index in [1.807, 2.05) is 50.2 Å². The van der Waals surface area contributed by atoms with E-state index < -0.39 is 0 Å². The summed E-state index contributed by atoms with van der Waals surface area (Å²) in [7, 11) is 1.67. The number of nitrogens with one attached hydrogen (secondary N) is 1. The summed E-state index contributed by atoms with van der Waals surface area (Å²) in [5, 5.41) is 3.00. The van der Waals surface area contributed by atoms with Crippen LogP contribution in [0.25, 0.3) is 0 Å². The van der Waals surface area contributed by atoms with Crippen LogP contribution in [-0.4, -0.2) is 56.7 Å². The van der Waals surface area contributed by atoms with Gasteiger partial charge in [-0.2, -0.15) is 0 Å². The third-order valence-corrected chi connectivity index (χ3v) is 5.11. The fourth-order valence-electron chi connectivity index (χ4n) is 3.37. The highest BCUT2D eigenvalue weighted by Crippen LogP contribution is 2.21. The van der Waals surface area contributed by atoms with E-state index in [1.54, 1.807) is 7.11 Å². The molecule has 150 valence electrons. The van der Waals surface area contributed by atoms with E-state index in [-0.39, 0.29) is 11.9 Å². The highest BCUT2D eigenvalue weighted by atomic mass is 16.5. The van der Waals surface area contributed by atoms with Crippen LogP contribution in [-0.2, 0) is 4.79 Å². The fourth-order valence-corrected chi connectivity index (χ4v) is 3.37. The largest absolute Gasteiger partial charge is 0.497 e. The van der Waals surface area contributed by atoms with E-state index in [1.165, 1.54) is 5.69 Å². The minimum atomic E-state index is -0.176. The number of amides is 1. The van der Waals surface area contributed by atoms with Crippen LogP contribution in [0.15, 0.2) is 48.5 Å². The van der Waals surface area contributed by atoms with Gasteiger partial charge < -0.3 is 19.7 Å². The molecule has 0 radical (unpaired) electrons. The van der Waals surface area contributed by atoms with Crippen molar-refractivity contribution in [3.8, 4) is 11.5 Å². The Bertz CT molecular complexity index is 754. The molecular formula is C22H29N3O3. The third kappa shape index (κ3) is 4.95. The molecule has 2 aromatic rings. The number of benzene rings is 2. The monoisotopic (exact) mass is 383 g/mol. The van der Waals surface area contributed by atoms with Crippen LogP contribution in [0, 0.1) is 0 Å². The van der Waals surface area contributed by atoms with Gasteiger partial charge in [0.15, 0.2) is 0 Å². The Morgan fingerprint density at radius 3 is 2.18 bits per heavy atom. The number of nitrogens with zero attached hydrogens (tertiary/aromatic N) is 2. The Morgan fingerprint density at radius 1 is 1.00 bits per heavy atom. The number of anilines is 2. The molecule has 0 aromatic heterocycles. The maximum atomic E-state index is 12.6. The van der Waals surface area contributed by atoms with Crippen LogP contribution >= 0.6 is 0 Å². The summed E-state index contributed by atoms with van der Waals surface area (Å²) in [4.78, 5) is 17.2. The van der Waals surface area contributed by atoms with Crippen molar-refractivity contribution in [2.24, 2.45) is 0 Å². The van der Waals surface area contributed by atoms with E-state index in [4.69, 9.17) is 9.47 Å². The minimum absolute atomic E-state index is 0.0158. The Hall–Kier alpha value is -2.73. The first-order valence-corrected chi connectivity index (χ1v) is 9.77. The quantitative estimate of drug-likeness (QED) is 0.795. The smallest absolute Gasteiger partial charge is 0.241 e. The molecule has 1 N–H and O–H groups in total. The van der Waals surface area contributed by atoms with Gasteiger partial charge in [0.25, 0.3) is 0 Å². The number of hydrogen-bond acceptors (Lipinski definition) is 5. The number of ether oxygens (including phenoxy) is 2. The lowest BCUT2D eigenvalue weighted by atomic mass is 10.2. The molecular weight excluding hydrogens is 354 g/mol. The first-order chi connectivity index (χ1) is 13.6. The van der Waals surface area contributed by atoms with Gasteiger partial charge in [0, 0.05) is 37.6 Å². The summed E-state index contributed by atoms with van der Waals surface area (Å²) >= 11 is 0. The molecule has 0 spiro atoms. The van der Waals surface area contributed by atoms with E-state index in [9.17, 15) is 4.79 Å². The van der Waals surface area contributed by atoms with Crippen molar-refractivity contribution in [1.82, 2.24) is 4.90 Å². The summed E-state index contributed by atoms with van der Waals surface area (Å²) in [5.41, 5.74) is 1.98. The number of rotatable bonds is 7. The molecule has 1 fully saturated rings. The van der Waals surface area contributed by atoms with Crippen molar-refractivity contribution in [2.45, 2.75) is 19.9 Å². The maximum Gasteiger partial charge on any atom is 0.241 e. The molecule has 0 saturated carbocycles. The van der Waals surface area contributed by atoms with Gasteiger partial charge in [0.1, 0.15) is 11.5 Å². The second-order valence-corrected chi connectivity index (χ2v) is 6.84. The lowest BCUT2D eigenvalue weighted by Gasteiger charge is -2.38. The average molecular weight is 383 g/mol. The topological polar surface area (TPSA) is 54.0 Å². The van der Waals surface area contributed by atoms with Gasteiger partial charge in [-0.3, -0.25) is 9.69 Å². The van der Waals surface area contributed by atoms with Crippen LogP contribution in [0.3, 0.4) is 0 Å². The summed E-state index contributed by atoms with van der Waals surface area (Å²) in [6.07, 6.45) is 0. The minimum Gasteiger partial charge on any atom is -0.497 e. The second-order valence-electron chi connectivity index (χ2n) is 6.84. The van der Waals surface area contributed by atoms with Crippen LogP contribution in [0.4, 0.5) is 11.4 Å². The van der Waals surface area contributed by atoms with E-state index in [0.717, 1.165) is 43.4 Å². The SMILES string of the molecule is CCOc1ccc(NC(=O)[C@H](C)N2CCN(c3ccc(OC)cc3)CC2)cc1. The zero-order chi connectivity index (χ0) is 19.9. The average Bonchev–Trinajstić information content (AvgIpc) is 2.75. The molecule has 1 aliphatic heterocycles. The van der Waals surface area contributed by atoms with Gasteiger partial charge in [0.2, 0.25) is 5.91 Å². The lowest BCUT2D eigenvalue weighted by Crippen LogP contribution is -2.52. The number of methoxy groups -OCH3 is 1. The molecule has 2 aromatic carbocycles. The summed E-state index contributed by atoms with van der Waals surface area (Å²) < 4.78 is 10.7. The highest BCUT2D eigenvalue weighted by molar-refractivity contribution is 5.94. The molecule has 1 atom stereocenters. The van der Waals surface area contributed by atoms with Crippen molar-refractivity contribution in [1.29, 1.82) is 0 Å². The molecule has 28 heavy (non-hydrogen) atoms.